The van der Waals surface area contributed by atoms with Crippen molar-refractivity contribution in [2.75, 3.05) is 0 Å². The maximum atomic E-state index is 8.86. The van der Waals surface area contributed by atoms with Crippen molar-refractivity contribution in [3.8, 4) is 0 Å². The van der Waals surface area contributed by atoms with E-state index in [1.165, 1.54) is 0 Å². The van der Waals surface area contributed by atoms with Crippen LogP contribution in [0.2, 0.25) is 0 Å². The van der Waals surface area contributed by atoms with Crippen LogP contribution in [0.15, 0.2) is 12.3 Å². The molecule has 1 heterocycles. The van der Waals surface area contributed by atoms with Gasteiger partial charge in [0, 0.05) is 11.9 Å². The van der Waals surface area contributed by atoms with Gasteiger partial charge in [0.25, 0.3) is 0 Å². The SMILES string of the molecule is Cc1cc(B(O)O)c(C)cn1. The topological polar surface area (TPSA) is 53.4 Å². The lowest BCUT2D eigenvalue weighted by molar-refractivity contribution is 0.425. The maximum Gasteiger partial charge on any atom is 0.488 e. The largest absolute Gasteiger partial charge is 0.488 e. The van der Waals surface area contributed by atoms with Crippen LogP contribution in [0.1, 0.15) is 11.3 Å². The number of rotatable bonds is 1. The minimum absolute atomic E-state index is 0.525. The number of aryl methyl sites for hydroxylation is 2. The molecule has 0 aliphatic heterocycles. The smallest absolute Gasteiger partial charge is 0.423 e. The average molecular weight is 151 g/mol. The summed E-state index contributed by atoms with van der Waals surface area (Å²) in [7, 11) is -1.39. The van der Waals surface area contributed by atoms with Crippen molar-refractivity contribution in [3.05, 3.63) is 23.5 Å². The third-order valence-electron chi connectivity index (χ3n) is 1.56. The molecule has 4 heteroatoms. The molecule has 0 fully saturated rings. The van der Waals surface area contributed by atoms with Crippen LogP contribution in [0.5, 0.6) is 0 Å². The first-order valence-electron chi connectivity index (χ1n) is 3.40. The zero-order chi connectivity index (χ0) is 8.43. The van der Waals surface area contributed by atoms with Gasteiger partial charge in [0.15, 0.2) is 0 Å². The molecule has 1 aromatic rings. The summed E-state index contributed by atoms with van der Waals surface area (Å²) in [5.41, 5.74) is 2.11. The van der Waals surface area contributed by atoms with Gasteiger partial charge in [-0.2, -0.15) is 0 Å². The van der Waals surface area contributed by atoms with Crippen molar-refractivity contribution in [2.24, 2.45) is 0 Å². The van der Waals surface area contributed by atoms with Crippen LogP contribution in [0.3, 0.4) is 0 Å². The molecule has 3 nitrogen and oxygen atoms in total. The Morgan fingerprint density at radius 3 is 2.45 bits per heavy atom. The highest BCUT2D eigenvalue weighted by molar-refractivity contribution is 6.59. The Labute approximate surface area is 65.9 Å². The van der Waals surface area contributed by atoms with Crippen molar-refractivity contribution in [2.45, 2.75) is 13.8 Å². The molecule has 1 rings (SSSR count). The van der Waals surface area contributed by atoms with Gasteiger partial charge < -0.3 is 10.0 Å². The Morgan fingerprint density at radius 1 is 1.36 bits per heavy atom. The molecule has 0 aromatic carbocycles. The summed E-state index contributed by atoms with van der Waals surface area (Å²) in [6.07, 6.45) is 1.63. The van der Waals surface area contributed by atoms with E-state index < -0.39 is 7.12 Å². The quantitative estimate of drug-likeness (QED) is 0.525. The van der Waals surface area contributed by atoms with E-state index in [9.17, 15) is 0 Å². The first-order chi connectivity index (χ1) is 5.11. The summed E-state index contributed by atoms with van der Waals surface area (Å²) in [6.45, 7) is 3.60. The molecule has 0 amide bonds. The van der Waals surface area contributed by atoms with Crippen LogP contribution in [0.25, 0.3) is 0 Å². The van der Waals surface area contributed by atoms with Crippen LogP contribution in [0.4, 0.5) is 0 Å². The molecule has 0 spiro atoms. The molecule has 0 saturated carbocycles. The average Bonchev–Trinajstić information content (AvgIpc) is 1.94. The summed E-state index contributed by atoms with van der Waals surface area (Å²) in [5.74, 6) is 0. The van der Waals surface area contributed by atoms with E-state index in [4.69, 9.17) is 10.0 Å². The lowest BCUT2D eigenvalue weighted by Crippen LogP contribution is -2.32. The highest BCUT2D eigenvalue weighted by atomic mass is 16.4. The second-order valence-corrected chi connectivity index (χ2v) is 2.56. The maximum absolute atomic E-state index is 8.86. The molecule has 2 N–H and O–H groups in total. The van der Waals surface area contributed by atoms with E-state index in [1.54, 1.807) is 19.2 Å². The first kappa shape index (κ1) is 8.23. The summed E-state index contributed by atoms with van der Waals surface area (Å²) in [6, 6.07) is 1.67. The predicted octanol–water partition coefficient (Wildman–Crippen LogP) is -0.622. The van der Waals surface area contributed by atoms with Crippen LogP contribution >= 0.6 is 0 Å². The van der Waals surface area contributed by atoms with E-state index in [0.717, 1.165) is 11.3 Å². The van der Waals surface area contributed by atoms with E-state index in [1.807, 2.05) is 6.92 Å². The predicted molar refractivity (Wildman–Crippen MR) is 43.5 cm³/mol. The molecule has 0 radical (unpaired) electrons. The van der Waals surface area contributed by atoms with Crippen molar-refractivity contribution >= 4 is 12.6 Å². The lowest BCUT2D eigenvalue weighted by Gasteiger charge is -2.03. The number of nitrogens with zero attached hydrogens (tertiary/aromatic N) is 1. The van der Waals surface area contributed by atoms with Gasteiger partial charge in [-0.1, -0.05) is 0 Å². The number of hydrogen-bond donors (Lipinski definition) is 2. The molecule has 11 heavy (non-hydrogen) atoms. The Kier molecular flexibility index (Phi) is 2.26. The van der Waals surface area contributed by atoms with Crippen molar-refractivity contribution < 1.29 is 10.0 Å². The Morgan fingerprint density at radius 2 is 2.00 bits per heavy atom. The van der Waals surface area contributed by atoms with Crippen LogP contribution in [-0.2, 0) is 0 Å². The zero-order valence-corrected chi connectivity index (χ0v) is 6.57. The Bertz CT molecular complexity index is 263. The van der Waals surface area contributed by atoms with Crippen molar-refractivity contribution in [1.82, 2.24) is 4.98 Å². The summed E-state index contributed by atoms with van der Waals surface area (Å²) in [5, 5.41) is 17.7. The van der Waals surface area contributed by atoms with E-state index in [-0.39, 0.29) is 0 Å². The van der Waals surface area contributed by atoms with Crippen molar-refractivity contribution in [3.63, 3.8) is 0 Å². The van der Waals surface area contributed by atoms with E-state index in [0.29, 0.717) is 5.46 Å². The summed E-state index contributed by atoms with van der Waals surface area (Å²) in [4.78, 5) is 4.00. The van der Waals surface area contributed by atoms with Gasteiger partial charge in [0.2, 0.25) is 0 Å². The molecule has 0 aliphatic rings. The van der Waals surface area contributed by atoms with Crippen LogP contribution < -0.4 is 5.46 Å². The fourth-order valence-electron chi connectivity index (χ4n) is 0.927. The van der Waals surface area contributed by atoms with Gasteiger partial charge in [-0.15, -0.1) is 0 Å². The number of aromatic nitrogens is 1. The molecular weight excluding hydrogens is 141 g/mol. The monoisotopic (exact) mass is 151 g/mol. The highest BCUT2D eigenvalue weighted by Crippen LogP contribution is 1.94. The summed E-state index contributed by atoms with van der Waals surface area (Å²) < 4.78 is 0. The molecule has 0 unspecified atom stereocenters. The van der Waals surface area contributed by atoms with Gasteiger partial charge in [-0.3, -0.25) is 4.98 Å². The number of pyridine rings is 1. The number of hydrogen-bond acceptors (Lipinski definition) is 3. The second-order valence-electron chi connectivity index (χ2n) is 2.56. The Balaban J connectivity index is 3.13. The molecule has 58 valence electrons. The Hall–Kier alpha value is -0.865. The highest BCUT2D eigenvalue weighted by Gasteiger charge is 2.13. The normalized spacial score (nSPS) is 9.82. The third kappa shape index (κ3) is 1.79. The van der Waals surface area contributed by atoms with E-state index >= 15 is 0 Å². The lowest BCUT2D eigenvalue weighted by atomic mass is 9.78. The minimum Gasteiger partial charge on any atom is -0.423 e. The first-order valence-corrected chi connectivity index (χ1v) is 3.40. The van der Waals surface area contributed by atoms with Crippen molar-refractivity contribution in [1.29, 1.82) is 0 Å². The van der Waals surface area contributed by atoms with Gasteiger partial charge in [0.1, 0.15) is 0 Å². The molecule has 0 bridgehead atoms. The molecule has 0 saturated heterocycles. The third-order valence-corrected chi connectivity index (χ3v) is 1.56. The summed E-state index contributed by atoms with van der Waals surface area (Å²) >= 11 is 0. The second kappa shape index (κ2) is 3.03. The van der Waals surface area contributed by atoms with Gasteiger partial charge >= 0.3 is 7.12 Å². The van der Waals surface area contributed by atoms with Gasteiger partial charge in [-0.05, 0) is 30.9 Å². The minimum atomic E-state index is -1.39. The molecule has 1 aromatic heterocycles. The standard InChI is InChI=1S/C7H10BNO2/c1-5-4-9-6(2)3-7(5)8(10)11/h3-4,10-11H,1-2H3. The molecular formula is C7H10BNO2. The fraction of sp³-hybridized carbons (Fsp3) is 0.286. The zero-order valence-electron chi connectivity index (χ0n) is 6.57. The molecule has 0 aliphatic carbocycles. The van der Waals surface area contributed by atoms with Crippen LogP contribution in [-0.4, -0.2) is 22.2 Å². The van der Waals surface area contributed by atoms with Crippen LogP contribution in [0, 0.1) is 13.8 Å². The van der Waals surface area contributed by atoms with Gasteiger partial charge in [-0.25, -0.2) is 0 Å². The fourth-order valence-corrected chi connectivity index (χ4v) is 0.927. The van der Waals surface area contributed by atoms with Gasteiger partial charge in [0.05, 0.1) is 0 Å². The molecule has 0 atom stereocenters. The van der Waals surface area contributed by atoms with E-state index in [2.05, 4.69) is 4.98 Å².